The van der Waals surface area contributed by atoms with Crippen LogP contribution in [0, 0.1) is 0 Å². The summed E-state index contributed by atoms with van der Waals surface area (Å²) >= 11 is 0. The minimum Gasteiger partial charge on any atom is -0.0961 e. The van der Waals surface area contributed by atoms with E-state index in [1.165, 1.54) is 0 Å². The van der Waals surface area contributed by atoms with Crippen LogP contribution in [-0.2, 0) is 0 Å². The Balaban J connectivity index is 4.27. The van der Waals surface area contributed by atoms with Crippen LogP contribution >= 0.6 is 0 Å². The molecule has 0 aromatic heterocycles. The third-order valence-corrected chi connectivity index (χ3v) is 1.58. The van der Waals surface area contributed by atoms with Crippen LogP contribution in [0.1, 0.15) is 13.8 Å². The van der Waals surface area contributed by atoms with Gasteiger partial charge in [0.05, 0.1) is 0 Å². The predicted molar refractivity (Wildman–Crippen MR) is 66.2 cm³/mol. The van der Waals surface area contributed by atoms with Gasteiger partial charge in [-0.3, -0.25) is 0 Å². The third kappa shape index (κ3) is 6.01. The standard InChI is InChI=1S/C14H18/c1-6-7-8-9-13(4)14(5)11-10-12(2)3/h6-11H,2,4-5H2,1,3H3. The summed E-state index contributed by atoms with van der Waals surface area (Å²) in [7, 11) is 0. The van der Waals surface area contributed by atoms with E-state index >= 15 is 0 Å². The maximum atomic E-state index is 3.90. The van der Waals surface area contributed by atoms with Crippen LogP contribution < -0.4 is 0 Å². The Kier molecular flexibility index (Phi) is 6.13. The van der Waals surface area contributed by atoms with Gasteiger partial charge in [0.2, 0.25) is 0 Å². The average Bonchev–Trinajstić information content (AvgIpc) is 2.14. The molecule has 0 aromatic rings. The normalized spacial score (nSPS) is 11.6. The fourth-order valence-electron chi connectivity index (χ4n) is 0.740. The van der Waals surface area contributed by atoms with Gasteiger partial charge in [0, 0.05) is 0 Å². The maximum absolute atomic E-state index is 3.90. The summed E-state index contributed by atoms with van der Waals surface area (Å²) in [6, 6.07) is 0. The van der Waals surface area contributed by atoms with E-state index in [9.17, 15) is 0 Å². The first-order chi connectivity index (χ1) is 6.57. The lowest BCUT2D eigenvalue weighted by Gasteiger charge is -1.97. The minimum absolute atomic E-state index is 0.911. The van der Waals surface area contributed by atoms with E-state index in [4.69, 9.17) is 0 Å². The maximum Gasteiger partial charge on any atom is -0.0262 e. The molecule has 0 amide bonds. The molecule has 0 bridgehead atoms. The highest BCUT2D eigenvalue weighted by Crippen LogP contribution is 2.09. The molecule has 0 fully saturated rings. The van der Waals surface area contributed by atoms with E-state index in [2.05, 4.69) is 19.7 Å². The lowest BCUT2D eigenvalue weighted by atomic mass is 10.1. The van der Waals surface area contributed by atoms with E-state index < -0.39 is 0 Å². The van der Waals surface area contributed by atoms with E-state index in [0.717, 1.165) is 16.7 Å². The number of rotatable bonds is 5. The third-order valence-electron chi connectivity index (χ3n) is 1.58. The van der Waals surface area contributed by atoms with Gasteiger partial charge < -0.3 is 0 Å². The first-order valence-electron chi connectivity index (χ1n) is 4.59. The minimum atomic E-state index is 0.911. The summed E-state index contributed by atoms with van der Waals surface area (Å²) in [5.74, 6) is 0. The van der Waals surface area contributed by atoms with Crippen molar-refractivity contribution in [1.82, 2.24) is 0 Å². The number of hydrogen-bond acceptors (Lipinski definition) is 0. The SMILES string of the molecule is C=C(C)C=CC(=C)C(=C)C=CC=CC. The van der Waals surface area contributed by atoms with Gasteiger partial charge in [-0.2, -0.15) is 0 Å². The zero-order valence-corrected chi connectivity index (χ0v) is 9.09. The molecular weight excluding hydrogens is 168 g/mol. The van der Waals surface area contributed by atoms with E-state index in [1.807, 2.05) is 50.3 Å². The fraction of sp³-hybridized carbons (Fsp3) is 0.143. The van der Waals surface area contributed by atoms with Crippen molar-refractivity contribution in [3.05, 3.63) is 72.9 Å². The molecular formula is C14H18. The molecule has 74 valence electrons. The fourth-order valence-corrected chi connectivity index (χ4v) is 0.740. The van der Waals surface area contributed by atoms with Crippen molar-refractivity contribution in [2.24, 2.45) is 0 Å². The molecule has 14 heavy (non-hydrogen) atoms. The Hall–Kier alpha value is -1.56. The van der Waals surface area contributed by atoms with Crippen molar-refractivity contribution in [3.8, 4) is 0 Å². The predicted octanol–water partition coefficient (Wildman–Crippen LogP) is 4.36. The highest BCUT2D eigenvalue weighted by atomic mass is 13.9. The topological polar surface area (TPSA) is 0 Å². The van der Waals surface area contributed by atoms with Crippen LogP contribution in [0.4, 0.5) is 0 Å². The van der Waals surface area contributed by atoms with E-state index in [0.29, 0.717) is 0 Å². The molecule has 0 atom stereocenters. The smallest absolute Gasteiger partial charge is 0.0262 e. The number of hydrogen-bond donors (Lipinski definition) is 0. The van der Waals surface area contributed by atoms with Gasteiger partial charge in [-0.25, -0.2) is 0 Å². The Labute approximate surface area is 87.3 Å². The van der Waals surface area contributed by atoms with Crippen molar-refractivity contribution in [2.75, 3.05) is 0 Å². The highest BCUT2D eigenvalue weighted by Gasteiger charge is 1.89. The highest BCUT2D eigenvalue weighted by molar-refractivity contribution is 5.44. The second-order valence-corrected chi connectivity index (χ2v) is 3.12. The summed E-state index contributed by atoms with van der Waals surface area (Å²) in [5.41, 5.74) is 2.84. The lowest BCUT2D eigenvalue weighted by Crippen LogP contribution is -1.77. The molecule has 0 saturated carbocycles. The van der Waals surface area contributed by atoms with E-state index in [-0.39, 0.29) is 0 Å². The van der Waals surface area contributed by atoms with Crippen LogP contribution in [0.25, 0.3) is 0 Å². The summed E-state index contributed by atoms with van der Waals surface area (Å²) in [5, 5.41) is 0. The van der Waals surface area contributed by atoms with Gasteiger partial charge in [-0.1, -0.05) is 61.8 Å². The van der Waals surface area contributed by atoms with Crippen LogP contribution in [-0.4, -0.2) is 0 Å². The van der Waals surface area contributed by atoms with Gasteiger partial charge in [-0.05, 0) is 25.0 Å². The van der Waals surface area contributed by atoms with Crippen LogP contribution in [0.2, 0.25) is 0 Å². The van der Waals surface area contributed by atoms with Gasteiger partial charge in [0.25, 0.3) is 0 Å². The molecule has 0 aliphatic heterocycles. The van der Waals surface area contributed by atoms with Gasteiger partial charge in [0.15, 0.2) is 0 Å². The molecule has 0 aromatic carbocycles. The Morgan fingerprint density at radius 1 is 0.857 bits per heavy atom. The van der Waals surface area contributed by atoms with Crippen LogP contribution in [0.15, 0.2) is 72.9 Å². The monoisotopic (exact) mass is 186 g/mol. The molecule has 0 nitrogen and oxygen atoms in total. The largest absolute Gasteiger partial charge is 0.0961 e. The van der Waals surface area contributed by atoms with Crippen molar-refractivity contribution in [3.63, 3.8) is 0 Å². The van der Waals surface area contributed by atoms with Gasteiger partial charge >= 0.3 is 0 Å². The Morgan fingerprint density at radius 3 is 1.93 bits per heavy atom. The van der Waals surface area contributed by atoms with Crippen molar-refractivity contribution in [2.45, 2.75) is 13.8 Å². The summed E-state index contributed by atoms with van der Waals surface area (Å²) < 4.78 is 0. The molecule has 0 aliphatic carbocycles. The molecule has 0 heteroatoms. The zero-order chi connectivity index (χ0) is 11.0. The number of allylic oxidation sites excluding steroid dienone is 9. The Morgan fingerprint density at radius 2 is 1.43 bits per heavy atom. The molecule has 0 N–H and O–H groups in total. The van der Waals surface area contributed by atoms with Crippen LogP contribution in [0.5, 0.6) is 0 Å². The van der Waals surface area contributed by atoms with Crippen molar-refractivity contribution in [1.29, 1.82) is 0 Å². The molecule has 0 unspecified atom stereocenters. The molecule has 0 saturated heterocycles. The average molecular weight is 186 g/mol. The second kappa shape index (κ2) is 6.90. The van der Waals surface area contributed by atoms with Crippen molar-refractivity contribution < 1.29 is 0 Å². The molecule has 0 aliphatic rings. The molecule has 0 rings (SSSR count). The summed E-state index contributed by atoms with van der Waals surface area (Å²) in [4.78, 5) is 0. The van der Waals surface area contributed by atoms with Crippen molar-refractivity contribution >= 4 is 0 Å². The Bertz CT molecular complexity index is 309. The quantitative estimate of drug-likeness (QED) is 0.559. The molecule has 0 spiro atoms. The lowest BCUT2D eigenvalue weighted by molar-refractivity contribution is 1.52. The first-order valence-corrected chi connectivity index (χ1v) is 4.59. The molecule has 0 heterocycles. The summed E-state index contributed by atoms with van der Waals surface area (Å²) in [6.45, 7) is 15.5. The van der Waals surface area contributed by atoms with Gasteiger partial charge in [0.1, 0.15) is 0 Å². The first kappa shape index (κ1) is 12.4. The van der Waals surface area contributed by atoms with E-state index in [1.54, 1.807) is 0 Å². The molecule has 0 radical (unpaired) electrons. The summed E-state index contributed by atoms with van der Waals surface area (Å²) in [6.07, 6.45) is 11.7. The van der Waals surface area contributed by atoms with Gasteiger partial charge in [-0.15, -0.1) is 0 Å². The van der Waals surface area contributed by atoms with Crippen LogP contribution in [0.3, 0.4) is 0 Å². The second-order valence-electron chi connectivity index (χ2n) is 3.12. The zero-order valence-electron chi connectivity index (χ0n) is 9.09.